The van der Waals surface area contributed by atoms with Gasteiger partial charge in [0.15, 0.2) is 5.84 Å². The van der Waals surface area contributed by atoms with Gasteiger partial charge in [-0.3, -0.25) is 0 Å². The summed E-state index contributed by atoms with van der Waals surface area (Å²) >= 11 is 0. The molecule has 2 aromatic rings. The Bertz CT molecular complexity index is 669. The van der Waals surface area contributed by atoms with Crippen molar-refractivity contribution in [3.05, 3.63) is 53.6 Å². The van der Waals surface area contributed by atoms with Crippen LogP contribution in [0.2, 0.25) is 0 Å². The molecule has 23 heavy (non-hydrogen) atoms. The summed E-state index contributed by atoms with van der Waals surface area (Å²) in [4.78, 5) is 4.64. The molecular weight excluding hydrogens is 290 g/mol. The summed E-state index contributed by atoms with van der Waals surface area (Å²) in [6.45, 7) is 2.10. The summed E-state index contributed by atoms with van der Waals surface area (Å²) in [5.41, 5.74) is 5.47. The second-order valence-corrected chi connectivity index (χ2v) is 4.65. The topological polar surface area (TPSA) is 68.9 Å². The van der Waals surface area contributed by atoms with E-state index in [0.717, 1.165) is 23.2 Å². The zero-order valence-corrected chi connectivity index (χ0v) is 13.1. The van der Waals surface area contributed by atoms with Gasteiger partial charge in [0.1, 0.15) is 11.5 Å². The van der Waals surface area contributed by atoms with Crippen LogP contribution < -0.4 is 20.7 Å². The third-order valence-electron chi connectivity index (χ3n) is 3.41. The molecule has 0 atom stereocenters. The molecule has 0 saturated carbocycles. The maximum absolute atomic E-state index is 5.67. The molecule has 0 radical (unpaired) electrons. The van der Waals surface area contributed by atoms with Crippen molar-refractivity contribution < 1.29 is 9.47 Å². The van der Waals surface area contributed by atoms with Crippen LogP contribution in [0.3, 0.4) is 0 Å². The fourth-order valence-corrected chi connectivity index (χ4v) is 2.20. The molecule has 3 N–H and O–H groups in total. The molecular formula is C18H25N3O2. The molecule has 0 aliphatic carbocycles. The maximum atomic E-state index is 5.67. The number of amidine groups is 1. The lowest BCUT2D eigenvalue weighted by Crippen LogP contribution is -2.31. The molecule has 0 saturated heterocycles. The minimum Gasteiger partial charge on any atom is -0.497 e. The first-order chi connectivity index (χ1) is 10.7. The van der Waals surface area contributed by atoms with Gasteiger partial charge in [-0.2, -0.15) is 0 Å². The number of para-hydroxylation sites is 1. The van der Waals surface area contributed by atoms with Crippen molar-refractivity contribution in [3.8, 4) is 11.5 Å². The molecule has 0 aliphatic heterocycles. The van der Waals surface area contributed by atoms with E-state index in [9.17, 15) is 0 Å². The summed E-state index contributed by atoms with van der Waals surface area (Å²) in [6.07, 6.45) is 0.900. The number of nitrogens with one attached hydrogen (secondary N) is 1. The van der Waals surface area contributed by atoms with Crippen LogP contribution in [-0.2, 0) is 6.42 Å². The van der Waals surface area contributed by atoms with Crippen molar-refractivity contribution in [3.63, 3.8) is 0 Å². The number of aliphatic imine (C=N–C) groups is 1. The molecule has 0 amide bonds. The molecule has 124 valence electrons. The lowest BCUT2D eigenvalue weighted by molar-refractivity contribution is 0.393. The average Bonchev–Trinajstić information content (AvgIpc) is 2.59. The van der Waals surface area contributed by atoms with Crippen molar-refractivity contribution in [2.45, 2.75) is 20.8 Å². The smallest absolute Gasteiger partial charge is 0.151 e. The van der Waals surface area contributed by atoms with Crippen LogP contribution in [-0.4, -0.2) is 20.1 Å². The second-order valence-electron chi connectivity index (χ2n) is 4.65. The van der Waals surface area contributed by atoms with E-state index in [1.807, 2.05) is 30.3 Å². The number of hydrogen-bond donors (Lipinski definition) is 2. The molecule has 2 aromatic carbocycles. The molecule has 0 heterocycles. The predicted molar refractivity (Wildman–Crippen MR) is 95.6 cm³/mol. The van der Waals surface area contributed by atoms with Gasteiger partial charge in [-0.15, -0.1) is 0 Å². The SMILES string of the molecule is C.CCc1ccccc1N=C(NN)c1ccc(OC)cc1OC. The first-order valence-corrected chi connectivity index (χ1v) is 7.09. The van der Waals surface area contributed by atoms with Crippen LogP contribution in [0.4, 0.5) is 5.69 Å². The van der Waals surface area contributed by atoms with Crippen molar-refractivity contribution in [1.29, 1.82) is 0 Å². The van der Waals surface area contributed by atoms with Crippen LogP contribution in [0.25, 0.3) is 0 Å². The minimum atomic E-state index is 0. The van der Waals surface area contributed by atoms with E-state index in [1.165, 1.54) is 0 Å². The van der Waals surface area contributed by atoms with E-state index in [0.29, 0.717) is 17.3 Å². The summed E-state index contributed by atoms with van der Waals surface area (Å²) in [7, 11) is 3.22. The maximum Gasteiger partial charge on any atom is 0.151 e. The van der Waals surface area contributed by atoms with Gasteiger partial charge >= 0.3 is 0 Å². The van der Waals surface area contributed by atoms with Gasteiger partial charge in [0.25, 0.3) is 0 Å². The van der Waals surface area contributed by atoms with Gasteiger partial charge in [-0.25, -0.2) is 10.8 Å². The Kier molecular flexibility index (Phi) is 7.09. The zero-order valence-electron chi connectivity index (χ0n) is 13.1. The van der Waals surface area contributed by atoms with E-state index < -0.39 is 0 Å². The third-order valence-corrected chi connectivity index (χ3v) is 3.41. The van der Waals surface area contributed by atoms with Crippen molar-refractivity contribution >= 4 is 11.5 Å². The number of benzene rings is 2. The number of aryl methyl sites for hydroxylation is 1. The molecule has 5 heteroatoms. The quantitative estimate of drug-likeness (QED) is 0.384. The van der Waals surface area contributed by atoms with Crippen molar-refractivity contribution in [2.75, 3.05) is 14.2 Å². The lowest BCUT2D eigenvalue weighted by Gasteiger charge is -2.13. The number of methoxy groups -OCH3 is 2. The molecule has 0 fully saturated rings. The molecule has 0 bridgehead atoms. The number of ether oxygens (including phenoxy) is 2. The highest BCUT2D eigenvalue weighted by molar-refractivity contribution is 6.02. The fourth-order valence-electron chi connectivity index (χ4n) is 2.20. The van der Waals surface area contributed by atoms with Crippen molar-refractivity contribution in [2.24, 2.45) is 10.8 Å². The Labute approximate surface area is 138 Å². The Balaban J connectivity index is 0.00000264. The number of hydrogen-bond acceptors (Lipinski definition) is 4. The summed E-state index contributed by atoms with van der Waals surface area (Å²) in [6, 6.07) is 13.5. The highest BCUT2D eigenvalue weighted by atomic mass is 16.5. The van der Waals surface area contributed by atoms with E-state index in [1.54, 1.807) is 20.3 Å². The molecule has 2 rings (SSSR count). The van der Waals surface area contributed by atoms with Crippen LogP contribution in [0.15, 0.2) is 47.5 Å². The van der Waals surface area contributed by atoms with Crippen LogP contribution in [0.5, 0.6) is 11.5 Å². The van der Waals surface area contributed by atoms with Gasteiger partial charge in [0, 0.05) is 6.07 Å². The van der Waals surface area contributed by atoms with Gasteiger partial charge in [0.05, 0.1) is 25.5 Å². The number of nitrogens with two attached hydrogens (primary N) is 1. The van der Waals surface area contributed by atoms with Gasteiger partial charge in [-0.05, 0) is 30.2 Å². The van der Waals surface area contributed by atoms with E-state index in [-0.39, 0.29) is 7.43 Å². The highest BCUT2D eigenvalue weighted by Crippen LogP contribution is 2.26. The number of nitrogens with zero attached hydrogens (tertiary/aromatic N) is 1. The first kappa shape index (κ1) is 18.5. The van der Waals surface area contributed by atoms with E-state index >= 15 is 0 Å². The van der Waals surface area contributed by atoms with E-state index in [2.05, 4.69) is 23.4 Å². The van der Waals surface area contributed by atoms with E-state index in [4.69, 9.17) is 15.3 Å². The monoisotopic (exact) mass is 315 g/mol. The fraction of sp³-hybridized carbons (Fsp3) is 0.278. The largest absolute Gasteiger partial charge is 0.497 e. The predicted octanol–water partition coefficient (Wildman–Crippen LogP) is 3.44. The Morgan fingerprint density at radius 3 is 2.48 bits per heavy atom. The first-order valence-electron chi connectivity index (χ1n) is 7.09. The third kappa shape index (κ3) is 4.23. The zero-order chi connectivity index (χ0) is 15.9. The number of hydrazine groups is 1. The Morgan fingerprint density at radius 2 is 1.87 bits per heavy atom. The Morgan fingerprint density at radius 1 is 1.13 bits per heavy atom. The van der Waals surface area contributed by atoms with Gasteiger partial charge in [0.2, 0.25) is 0 Å². The van der Waals surface area contributed by atoms with Gasteiger partial charge < -0.3 is 14.9 Å². The normalized spacial score (nSPS) is 10.7. The highest BCUT2D eigenvalue weighted by Gasteiger charge is 2.11. The second kappa shape index (κ2) is 8.80. The van der Waals surface area contributed by atoms with Crippen LogP contribution in [0, 0.1) is 0 Å². The number of rotatable bonds is 5. The molecule has 0 unspecified atom stereocenters. The molecule has 0 aromatic heterocycles. The van der Waals surface area contributed by atoms with Gasteiger partial charge in [-0.1, -0.05) is 32.5 Å². The van der Waals surface area contributed by atoms with Crippen molar-refractivity contribution in [1.82, 2.24) is 5.43 Å². The average molecular weight is 315 g/mol. The molecule has 0 aliphatic rings. The summed E-state index contributed by atoms with van der Waals surface area (Å²) in [5.74, 6) is 7.57. The minimum absolute atomic E-state index is 0. The standard InChI is InChI=1S/C17H21N3O2.CH4/c1-4-12-7-5-6-8-15(12)19-17(20-18)14-10-9-13(21-2)11-16(14)22-3;/h5-11H,4,18H2,1-3H3,(H,19,20);1H4. The summed E-state index contributed by atoms with van der Waals surface area (Å²) < 4.78 is 10.6. The Hall–Kier alpha value is -2.53. The molecule has 0 spiro atoms. The lowest BCUT2D eigenvalue weighted by atomic mass is 10.1. The molecule has 5 nitrogen and oxygen atoms in total. The summed E-state index contributed by atoms with van der Waals surface area (Å²) in [5, 5.41) is 0. The van der Waals surface area contributed by atoms with Crippen LogP contribution in [0.1, 0.15) is 25.5 Å². The van der Waals surface area contributed by atoms with Crippen LogP contribution >= 0.6 is 0 Å².